The molecule has 6 nitrogen and oxygen atoms in total. The first-order chi connectivity index (χ1) is 12.7. The number of aromatic nitrogens is 2. The lowest BCUT2D eigenvalue weighted by molar-refractivity contribution is -0.113. The molecule has 1 heterocycles. The zero-order valence-corrected chi connectivity index (χ0v) is 14.5. The third kappa shape index (κ3) is 4.21. The molecule has 0 saturated heterocycles. The molecule has 0 radical (unpaired) electrons. The van der Waals surface area contributed by atoms with E-state index in [1.54, 1.807) is 18.2 Å². The van der Waals surface area contributed by atoms with Crippen molar-refractivity contribution in [3.05, 3.63) is 48.8 Å². The van der Waals surface area contributed by atoms with Crippen molar-refractivity contribution >= 4 is 45.6 Å². The lowest BCUT2D eigenvalue weighted by Gasteiger charge is -2.11. The number of carbonyl (C=O) groups excluding carboxylic acids is 1. The number of fused-ring (bicyclic) bond motifs is 1. The number of halogens is 1. The molecule has 3 aromatic rings. The average Bonchev–Trinajstić information content (AvgIpc) is 2.67. The van der Waals surface area contributed by atoms with Gasteiger partial charge in [-0.15, -0.1) is 18.0 Å². The first kappa shape index (κ1) is 17.5. The largest absolute Gasteiger partial charge is 0.481 e. The quantitative estimate of drug-likeness (QED) is 0.515. The predicted molar refractivity (Wildman–Crippen MR) is 103 cm³/mol. The van der Waals surface area contributed by atoms with Crippen molar-refractivity contribution < 1.29 is 9.53 Å². The van der Waals surface area contributed by atoms with Crippen LogP contribution in [0.4, 0.5) is 17.2 Å². The fourth-order valence-electron chi connectivity index (χ4n) is 2.35. The van der Waals surface area contributed by atoms with Gasteiger partial charge in [0.25, 0.3) is 0 Å². The Balaban J connectivity index is 1.91. The van der Waals surface area contributed by atoms with Crippen molar-refractivity contribution in [2.24, 2.45) is 0 Å². The summed E-state index contributed by atoms with van der Waals surface area (Å²) in [4.78, 5) is 20.0. The lowest BCUT2D eigenvalue weighted by Crippen LogP contribution is -2.12. The maximum atomic E-state index is 11.5. The van der Waals surface area contributed by atoms with Crippen molar-refractivity contribution in [2.45, 2.75) is 0 Å². The summed E-state index contributed by atoms with van der Waals surface area (Å²) in [7, 11) is 0. The minimum atomic E-state index is -0.282. The number of benzene rings is 2. The Labute approximate surface area is 155 Å². The summed E-state index contributed by atoms with van der Waals surface area (Å²) in [6, 6.07) is 12.7. The molecule has 0 aliphatic heterocycles. The maximum Gasteiger partial charge on any atom is 0.239 e. The van der Waals surface area contributed by atoms with E-state index in [-0.39, 0.29) is 18.4 Å². The van der Waals surface area contributed by atoms with Gasteiger partial charge in [-0.3, -0.25) is 4.79 Å². The summed E-state index contributed by atoms with van der Waals surface area (Å²) >= 11 is 5.54. The highest BCUT2D eigenvalue weighted by Gasteiger charge is 2.08. The van der Waals surface area contributed by atoms with Crippen LogP contribution in [0.25, 0.3) is 10.9 Å². The molecule has 0 spiro atoms. The van der Waals surface area contributed by atoms with Crippen molar-refractivity contribution in [3.63, 3.8) is 0 Å². The molecule has 130 valence electrons. The number of amides is 1. The summed E-state index contributed by atoms with van der Waals surface area (Å²) in [5.41, 5.74) is 2.15. The van der Waals surface area contributed by atoms with E-state index in [2.05, 4.69) is 26.5 Å². The van der Waals surface area contributed by atoms with E-state index >= 15 is 0 Å². The van der Waals surface area contributed by atoms with Gasteiger partial charge in [0.1, 0.15) is 30.4 Å². The Morgan fingerprint density at radius 1 is 1.19 bits per heavy atom. The molecule has 2 N–H and O–H groups in total. The second-order valence-electron chi connectivity index (χ2n) is 5.28. The van der Waals surface area contributed by atoms with Gasteiger partial charge in [-0.25, -0.2) is 9.97 Å². The van der Waals surface area contributed by atoms with Gasteiger partial charge in [0.15, 0.2) is 0 Å². The second-order valence-corrected chi connectivity index (χ2v) is 5.55. The first-order valence-electron chi connectivity index (χ1n) is 7.73. The van der Waals surface area contributed by atoms with Gasteiger partial charge < -0.3 is 15.4 Å². The van der Waals surface area contributed by atoms with Gasteiger partial charge in [0.2, 0.25) is 5.91 Å². The molecule has 0 atom stereocenters. The van der Waals surface area contributed by atoms with E-state index in [4.69, 9.17) is 22.8 Å². The average molecular weight is 367 g/mol. The molecular formula is C19H15ClN4O2. The number of ether oxygens (including phenoxy) is 1. The third-order valence-corrected chi connectivity index (χ3v) is 3.70. The minimum absolute atomic E-state index is 0.112. The number of rotatable bonds is 6. The maximum absolute atomic E-state index is 11.5. The third-order valence-electron chi connectivity index (χ3n) is 3.46. The molecule has 0 bridgehead atoms. The predicted octanol–water partition coefficient (Wildman–Crippen LogP) is 3.56. The monoisotopic (exact) mass is 366 g/mol. The standard InChI is InChI=1S/C19H15ClN4O2/c1-2-8-26-15-5-3-4-13(9-15)24-19-16-10-14(23-18(25)11-20)6-7-17(16)21-12-22-19/h1,3-7,9-10,12H,8,11H2,(H,23,25)(H,21,22,24). The normalized spacial score (nSPS) is 10.2. The summed E-state index contributed by atoms with van der Waals surface area (Å²) in [6.07, 6.45) is 6.69. The molecule has 0 unspecified atom stereocenters. The van der Waals surface area contributed by atoms with Crippen LogP contribution in [0.3, 0.4) is 0 Å². The van der Waals surface area contributed by atoms with Crippen LogP contribution in [0.1, 0.15) is 0 Å². The molecule has 2 aromatic carbocycles. The van der Waals surface area contributed by atoms with Crippen LogP contribution in [0.15, 0.2) is 48.8 Å². The number of hydrogen-bond acceptors (Lipinski definition) is 5. The number of alkyl halides is 1. The number of anilines is 3. The minimum Gasteiger partial charge on any atom is -0.481 e. The highest BCUT2D eigenvalue weighted by molar-refractivity contribution is 6.29. The van der Waals surface area contributed by atoms with Crippen LogP contribution in [0.5, 0.6) is 5.75 Å². The lowest BCUT2D eigenvalue weighted by atomic mass is 10.2. The molecule has 0 aliphatic rings. The van der Waals surface area contributed by atoms with Crippen molar-refractivity contribution in [1.29, 1.82) is 0 Å². The van der Waals surface area contributed by atoms with Gasteiger partial charge >= 0.3 is 0 Å². The molecule has 3 rings (SSSR count). The number of carbonyl (C=O) groups is 1. The SMILES string of the molecule is C#CCOc1cccc(Nc2ncnc3ccc(NC(=O)CCl)cc23)c1. The molecule has 26 heavy (non-hydrogen) atoms. The smallest absolute Gasteiger partial charge is 0.239 e. The summed E-state index contributed by atoms with van der Waals surface area (Å²) in [5.74, 6) is 3.29. The number of nitrogens with one attached hydrogen (secondary N) is 2. The van der Waals surface area contributed by atoms with Gasteiger partial charge in [-0.05, 0) is 30.3 Å². The van der Waals surface area contributed by atoms with Gasteiger partial charge in [-0.1, -0.05) is 12.0 Å². The topological polar surface area (TPSA) is 76.1 Å². The highest BCUT2D eigenvalue weighted by Crippen LogP contribution is 2.27. The van der Waals surface area contributed by atoms with Crippen LogP contribution in [-0.2, 0) is 4.79 Å². The van der Waals surface area contributed by atoms with Crippen LogP contribution in [0.2, 0.25) is 0 Å². The molecule has 7 heteroatoms. The molecule has 1 aromatic heterocycles. The van der Waals surface area contributed by atoms with Gasteiger partial charge in [-0.2, -0.15) is 0 Å². The molecular weight excluding hydrogens is 352 g/mol. The van der Waals surface area contributed by atoms with Crippen LogP contribution in [-0.4, -0.2) is 28.4 Å². The number of hydrogen-bond donors (Lipinski definition) is 2. The van der Waals surface area contributed by atoms with Crippen LogP contribution >= 0.6 is 11.6 Å². The van der Waals surface area contributed by atoms with Crippen molar-refractivity contribution in [3.8, 4) is 18.1 Å². The van der Waals surface area contributed by atoms with Crippen molar-refractivity contribution in [2.75, 3.05) is 23.1 Å². The number of terminal acetylenes is 1. The fourth-order valence-corrected chi connectivity index (χ4v) is 2.42. The van der Waals surface area contributed by atoms with E-state index in [0.29, 0.717) is 17.3 Å². The summed E-state index contributed by atoms with van der Waals surface area (Å²) < 4.78 is 5.43. The Morgan fingerprint density at radius 3 is 2.88 bits per heavy atom. The van der Waals surface area contributed by atoms with E-state index in [1.165, 1.54) is 6.33 Å². The molecule has 1 amide bonds. The van der Waals surface area contributed by atoms with Gasteiger partial charge in [0.05, 0.1) is 5.52 Å². The Morgan fingerprint density at radius 2 is 2.08 bits per heavy atom. The summed E-state index contributed by atoms with van der Waals surface area (Å²) in [6.45, 7) is 0.198. The Hall–Kier alpha value is -3.30. The molecule has 0 saturated carbocycles. The van der Waals surface area contributed by atoms with E-state index in [1.807, 2.05) is 24.3 Å². The highest BCUT2D eigenvalue weighted by atomic mass is 35.5. The second kappa shape index (κ2) is 8.19. The zero-order valence-electron chi connectivity index (χ0n) is 13.7. The number of nitrogens with zero attached hydrogens (tertiary/aromatic N) is 2. The Bertz CT molecular complexity index is 985. The van der Waals surface area contributed by atoms with E-state index in [9.17, 15) is 4.79 Å². The van der Waals surface area contributed by atoms with E-state index < -0.39 is 0 Å². The fraction of sp³-hybridized carbons (Fsp3) is 0.105. The van der Waals surface area contributed by atoms with Crippen LogP contribution < -0.4 is 15.4 Å². The molecule has 0 fully saturated rings. The Kier molecular flexibility index (Phi) is 5.52. The zero-order chi connectivity index (χ0) is 18.4. The molecule has 0 aliphatic carbocycles. The van der Waals surface area contributed by atoms with Crippen LogP contribution in [0, 0.1) is 12.3 Å². The van der Waals surface area contributed by atoms with Gasteiger partial charge in [0, 0.05) is 22.8 Å². The van der Waals surface area contributed by atoms with E-state index in [0.717, 1.165) is 16.6 Å². The first-order valence-corrected chi connectivity index (χ1v) is 8.27. The van der Waals surface area contributed by atoms with Crippen molar-refractivity contribution in [1.82, 2.24) is 9.97 Å². The summed E-state index contributed by atoms with van der Waals surface area (Å²) in [5, 5.41) is 6.71.